The van der Waals surface area contributed by atoms with Gasteiger partial charge in [-0.1, -0.05) is 5.21 Å². The van der Waals surface area contributed by atoms with Gasteiger partial charge in [0.25, 0.3) is 0 Å². The minimum absolute atomic E-state index is 0.158. The fraction of sp³-hybridized carbons (Fsp3) is 0.500. The van der Waals surface area contributed by atoms with Gasteiger partial charge in [0, 0.05) is 12.7 Å². The molecule has 1 aromatic heterocycles. The standard InChI is InChI=1S/C8H14N6O2/c9-6(5-7(10)15)8(16)11-1-3-14-4-2-12-13-14/h2,4,6H,1,3,5,9H2,(H2,10,15)(H,11,16). The Morgan fingerprint density at radius 2 is 2.25 bits per heavy atom. The van der Waals surface area contributed by atoms with Gasteiger partial charge in [-0.05, 0) is 0 Å². The highest BCUT2D eigenvalue weighted by atomic mass is 16.2. The van der Waals surface area contributed by atoms with Gasteiger partial charge in [0.2, 0.25) is 11.8 Å². The molecule has 1 aromatic rings. The van der Waals surface area contributed by atoms with Crippen molar-refractivity contribution in [2.75, 3.05) is 6.54 Å². The Labute approximate surface area is 92.0 Å². The number of nitrogens with zero attached hydrogens (tertiary/aromatic N) is 3. The van der Waals surface area contributed by atoms with Crippen molar-refractivity contribution >= 4 is 11.8 Å². The summed E-state index contributed by atoms with van der Waals surface area (Å²) in [6.45, 7) is 0.865. The summed E-state index contributed by atoms with van der Waals surface area (Å²) in [4.78, 5) is 21.8. The zero-order chi connectivity index (χ0) is 12.0. The van der Waals surface area contributed by atoms with Gasteiger partial charge in [0.15, 0.2) is 0 Å². The third-order valence-corrected chi connectivity index (χ3v) is 1.87. The average Bonchev–Trinajstić information content (AvgIpc) is 2.69. The Hall–Kier alpha value is -1.96. The second-order valence-electron chi connectivity index (χ2n) is 3.23. The summed E-state index contributed by atoms with van der Waals surface area (Å²) in [5.41, 5.74) is 10.3. The first-order valence-electron chi connectivity index (χ1n) is 4.75. The molecule has 0 aliphatic carbocycles. The zero-order valence-electron chi connectivity index (χ0n) is 8.67. The van der Waals surface area contributed by atoms with Crippen LogP contribution < -0.4 is 16.8 Å². The second kappa shape index (κ2) is 5.81. The molecule has 0 aliphatic heterocycles. The lowest BCUT2D eigenvalue weighted by Gasteiger charge is -2.10. The van der Waals surface area contributed by atoms with E-state index < -0.39 is 17.9 Å². The first kappa shape index (κ1) is 12.1. The minimum atomic E-state index is -0.895. The van der Waals surface area contributed by atoms with Crippen LogP contribution >= 0.6 is 0 Å². The molecule has 8 heteroatoms. The Kier molecular flexibility index (Phi) is 4.40. The predicted molar refractivity (Wildman–Crippen MR) is 54.8 cm³/mol. The van der Waals surface area contributed by atoms with Crippen molar-refractivity contribution in [1.29, 1.82) is 0 Å². The SMILES string of the molecule is NC(=O)CC(N)C(=O)NCCn1ccnn1. The molecular formula is C8H14N6O2. The fourth-order valence-electron chi connectivity index (χ4n) is 1.09. The number of nitrogens with one attached hydrogen (secondary N) is 1. The van der Waals surface area contributed by atoms with Crippen LogP contribution in [0.5, 0.6) is 0 Å². The first-order chi connectivity index (χ1) is 7.59. The van der Waals surface area contributed by atoms with E-state index >= 15 is 0 Å². The topological polar surface area (TPSA) is 129 Å². The van der Waals surface area contributed by atoms with Gasteiger partial charge in [-0.25, -0.2) is 0 Å². The number of primary amides is 1. The van der Waals surface area contributed by atoms with E-state index in [1.54, 1.807) is 17.1 Å². The van der Waals surface area contributed by atoms with Crippen LogP contribution in [-0.4, -0.2) is 39.4 Å². The summed E-state index contributed by atoms with van der Waals surface area (Å²) in [6, 6.07) is -0.895. The Bertz CT molecular complexity index is 349. The summed E-state index contributed by atoms with van der Waals surface area (Å²) >= 11 is 0. The van der Waals surface area contributed by atoms with E-state index in [1.807, 2.05) is 0 Å². The smallest absolute Gasteiger partial charge is 0.237 e. The van der Waals surface area contributed by atoms with E-state index in [-0.39, 0.29) is 6.42 Å². The largest absolute Gasteiger partial charge is 0.370 e. The molecule has 1 rings (SSSR count). The molecule has 0 aliphatic rings. The van der Waals surface area contributed by atoms with Gasteiger partial charge < -0.3 is 16.8 Å². The van der Waals surface area contributed by atoms with Gasteiger partial charge in [0.1, 0.15) is 0 Å². The maximum absolute atomic E-state index is 11.3. The molecule has 0 spiro atoms. The molecule has 0 radical (unpaired) electrons. The van der Waals surface area contributed by atoms with E-state index in [4.69, 9.17) is 11.5 Å². The number of hydrogen-bond donors (Lipinski definition) is 3. The molecule has 1 unspecified atom stereocenters. The Balaban J connectivity index is 2.22. The Morgan fingerprint density at radius 3 is 2.81 bits per heavy atom. The molecule has 0 saturated heterocycles. The lowest BCUT2D eigenvalue weighted by Crippen LogP contribution is -2.43. The van der Waals surface area contributed by atoms with Gasteiger partial charge in [0.05, 0.1) is 25.2 Å². The number of carbonyl (C=O) groups excluding carboxylic acids is 2. The number of nitrogens with two attached hydrogens (primary N) is 2. The molecule has 16 heavy (non-hydrogen) atoms. The molecule has 88 valence electrons. The molecule has 5 N–H and O–H groups in total. The summed E-state index contributed by atoms with van der Waals surface area (Å²) in [6.07, 6.45) is 3.06. The van der Waals surface area contributed by atoms with Crippen LogP contribution in [0.1, 0.15) is 6.42 Å². The van der Waals surface area contributed by atoms with E-state index in [1.165, 1.54) is 0 Å². The summed E-state index contributed by atoms with van der Waals surface area (Å²) in [5, 5.41) is 9.89. The molecule has 0 aromatic carbocycles. The van der Waals surface area contributed by atoms with Gasteiger partial charge in [-0.15, -0.1) is 5.10 Å². The van der Waals surface area contributed by atoms with Crippen molar-refractivity contribution in [2.24, 2.45) is 11.5 Å². The maximum Gasteiger partial charge on any atom is 0.237 e. The van der Waals surface area contributed by atoms with Crippen molar-refractivity contribution in [1.82, 2.24) is 20.3 Å². The molecule has 0 bridgehead atoms. The van der Waals surface area contributed by atoms with E-state index in [9.17, 15) is 9.59 Å². The van der Waals surface area contributed by atoms with Crippen LogP contribution in [0.3, 0.4) is 0 Å². The van der Waals surface area contributed by atoms with Crippen LogP contribution in [0.2, 0.25) is 0 Å². The van der Waals surface area contributed by atoms with Gasteiger partial charge in [-0.2, -0.15) is 0 Å². The zero-order valence-corrected chi connectivity index (χ0v) is 8.67. The molecule has 0 fully saturated rings. The van der Waals surface area contributed by atoms with Crippen molar-refractivity contribution in [3.05, 3.63) is 12.4 Å². The number of aromatic nitrogens is 3. The molecule has 0 saturated carbocycles. The highest BCUT2D eigenvalue weighted by Crippen LogP contribution is 1.87. The average molecular weight is 226 g/mol. The number of carbonyl (C=O) groups is 2. The van der Waals surface area contributed by atoms with Gasteiger partial charge in [-0.3, -0.25) is 14.3 Å². The molecule has 1 heterocycles. The van der Waals surface area contributed by atoms with Crippen LogP contribution in [0, 0.1) is 0 Å². The maximum atomic E-state index is 11.3. The van der Waals surface area contributed by atoms with Crippen molar-refractivity contribution in [2.45, 2.75) is 19.0 Å². The van der Waals surface area contributed by atoms with Crippen LogP contribution in [0.15, 0.2) is 12.4 Å². The van der Waals surface area contributed by atoms with E-state index in [0.717, 1.165) is 0 Å². The van der Waals surface area contributed by atoms with Crippen molar-refractivity contribution in [3.63, 3.8) is 0 Å². The molecule has 8 nitrogen and oxygen atoms in total. The van der Waals surface area contributed by atoms with Crippen LogP contribution in [-0.2, 0) is 16.1 Å². The van der Waals surface area contributed by atoms with Gasteiger partial charge >= 0.3 is 0 Å². The lowest BCUT2D eigenvalue weighted by atomic mass is 10.2. The van der Waals surface area contributed by atoms with Crippen molar-refractivity contribution < 1.29 is 9.59 Å². The van der Waals surface area contributed by atoms with E-state index in [2.05, 4.69) is 15.6 Å². The minimum Gasteiger partial charge on any atom is -0.370 e. The monoisotopic (exact) mass is 226 g/mol. The normalized spacial score (nSPS) is 12.1. The van der Waals surface area contributed by atoms with Crippen LogP contribution in [0.4, 0.5) is 0 Å². The van der Waals surface area contributed by atoms with E-state index in [0.29, 0.717) is 13.1 Å². The van der Waals surface area contributed by atoms with Crippen LogP contribution in [0.25, 0.3) is 0 Å². The number of rotatable bonds is 6. The highest BCUT2D eigenvalue weighted by molar-refractivity contribution is 5.87. The third kappa shape index (κ3) is 4.05. The summed E-state index contributed by atoms with van der Waals surface area (Å²) in [7, 11) is 0. The summed E-state index contributed by atoms with van der Waals surface area (Å²) < 4.78 is 1.57. The number of amides is 2. The lowest BCUT2D eigenvalue weighted by molar-refractivity contribution is -0.126. The van der Waals surface area contributed by atoms with Crippen molar-refractivity contribution in [3.8, 4) is 0 Å². The highest BCUT2D eigenvalue weighted by Gasteiger charge is 2.14. The predicted octanol–water partition coefficient (Wildman–Crippen LogP) is -2.40. The number of hydrogen-bond acceptors (Lipinski definition) is 5. The first-order valence-corrected chi connectivity index (χ1v) is 4.75. The Morgan fingerprint density at radius 1 is 1.50 bits per heavy atom. The molecule has 1 atom stereocenters. The fourth-order valence-corrected chi connectivity index (χ4v) is 1.09. The molecular weight excluding hydrogens is 212 g/mol. The quantitative estimate of drug-likeness (QED) is 0.498. The molecule has 2 amide bonds. The second-order valence-corrected chi connectivity index (χ2v) is 3.23. The third-order valence-electron chi connectivity index (χ3n) is 1.87. The summed E-state index contributed by atoms with van der Waals surface area (Å²) in [5.74, 6) is -1.00.